The van der Waals surface area contributed by atoms with Gasteiger partial charge in [-0.2, -0.15) is 0 Å². The molecule has 4 amide bonds. The highest BCUT2D eigenvalue weighted by Gasteiger charge is 2.50. The molecule has 1 N–H and O–H groups in total. The Kier molecular flexibility index (Phi) is 5.62. The minimum absolute atomic E-state index is 0.111. The number of ether oxygens (including phenoxy) is 2. The van der Waals surface area contributed by atoms with E-state index >= 15 is 0 Å². The Morgan fingerprint density at radius 2 is 1.82 bits per heavy atom. The van der Waals surface area contributed by atoms with E-state index in [9.17, 15) is 24.5 Å². The van der Waals surface area contributed by atoms with Gasteiger partial charge >= 0.3 is 6.03 Å². The van der Waals surface area contributed by atoms with Crippen LogP contribution in [0.1, 0.15) is 18.9 Å². The standard InChI is InChI=1S/C22H22N4O7/c1-22(14-4-9-17-18(12-14)33-11-3-10-32-17)20(28)25(21(29)23-22)13-19(27)24(2)15-5-7-16(8-6-15)26(30)31/h4-9,12H,3,10-11,13H2,1-2H3,(H,23,29)/t22-/m0/s1. The number of likely N-dealkylation sites (N-methyl/N-ethyl adjacent to an activating group) is 1. The van der Waals surface area contributed by atoms with Gasteiger partial charge in [0.05, 0.1) is 18.1 Å². The number of amides is 4. The summed E-state index contributed by atoms with van der Waals surface area (Å²) in [6, 6.07) is 9.72. The number of urea groups is 1. The number of fused-ring (bicyclic) bond motifs is 1. The lowest BCUT2D eigenvalue weighted by molar-refractivity contribution is -0.384. The maximum Gasteiger partial charge on any atom is 0.325 e. The molecule has 11 heteroatoms. The van der Waals surface area contributed by atoms with Gasteiger partial charge in [0.2, 0.25) is 5.91 Å². The average molecular weight is 454 g/mol. The third-order valence-corrected chi connectivity index (χ3v) is 5.72. The molecule has 0 aliphatic carbocycles. The highest BCUT2D eigenvalue weighted by molar-refractivity contribution is 6.10. The van der Waals surface area contributed by atoms with E-state index < -0.39 is 34.9 Å². The molecule has 0 saturated carbocycles. The van der Waals surface area contributed by atoms with Gasteiger partial charge in [0, 0.05) is 31.3 Å². The highest BCUT2D eigenvalue weighted by atomic mass is 16.6. The van der Waals surface area contributed by atoms with Crippen LogP contribution in [0.2, 0.25) is 0 Å². The van der Waals surface area contributed by atoms with Gasteiger partial charge in [-0.25, -0.2) is 4.79 Å². The Hall–Kier alpha value is -4.15. The fourth-order valence-corrected chi connectivity index (χ4v) is 3.69. The van der Waals surface area contributed by atoms with Gasteiger partial charge in [0.25, 0.3) is 11.6 Å². The summed E-state index contributed by atoms with van der Waals surface area (Å²) in [6.45, 7) is 2.08. The van der Waals surface area contributed by atoms with Crippen LogP contribution in [-0.2, 0) is 15.1 Å². The van der Waals surface area contributed by atoms with E-state index in [2.05, 4.69) is 5.32 Å². The zero-order chi connectivity index (χ0) is 23.8. The molecule has 1 fully saturated rings. The van der Waals surface area contributed by atoms with E-state index in [1.807, 2.05) is 0 Å². The Bertz CT molecular complexity index is 1130. The molecular formula is C22H22N4O7. The normalized spacial score (nSPS) is 19.6. The average Bonchev–Trinajstić information content (AvgIpc) is 2.96. The van der Waals surface area contributed by atoms with Crippen LogP contribution in [0.25, 0.3) is 0 Å². The molecule has 2 aliphatic heterocycles. The van der Waals surface area contributed by atoms with Crippen LogP contribution in [0.5, 0.6) is 11.5 Å². The minimum atomic E-state index is -1.38. The van der Waals surface area contributed by atoms with Gasteiger partial charge in [-0.3, -0.25) is 24.6 Å². The van der Waals surface area contributed by atoms with Crippen molar-refractivity contribution in [1.29, 1.82) is 0 Å². The molecule has 0 bridgehead atoms. The lowest BCUT2D eigenvalue weighted by Gasteiger charge is -2.24. The lowest BCUT2D eigenvalue weighted by atomic mass is 9.91. The topological polar surface area (TPSA) is 131 Å². The van der Waals surface area contributed by atoms with Gasteiger partial charge < -0.3 is 19.7 Å². The first-order valence-electron chi connectivity index (χ1n) is 10.3. The molecule has 33 heavy (non-hydrogen) atoms. The summed E-state index contributed by atoms with van der Waals surface area (Å²) in [5.41, 5.74) is -0.597. The second kappa shape index (κ2) is 8.41. The molecule has 2 aromatic rings. The number of anilines is 1. The van der Waals surface area contributed by atoms with Crippen LogP contribution in [-0.4, -0.2) is 54.5 Å². The summed E-state index contributed by atoms with van der Waals surface area (Å²) in [7, 11) is 1.46. The third kappa shape index (κ3) is 4.04. The maximum absolute atomic E-state index is 13.2. The zero-order valence-corrected chi connectivity index (χ0v) is 18.1. The summed E-state index contributed by atoms with van der Waals surface area (Å²) in [5.74, 6) is -0.0585. The van der Waals surface area contributed by atoms with Crippen LogP contribution in [0, 0.1) is 10.1 Å². The fraction of sp³-hybridized carbons (Fsp3) is 0.318. The molecule has 2 aliphatic rings. The molecule has 2 heterocycles. The van der Waals surface area contributed by atoms with Crippen molar-refractivity contribution in [3.63, 3.8) is 0 Å². The van der Waals surface area contributed by atoms with Crippen molar-refractivity contribution >= 4 is 29.2 Å². The second-order valence-corrected chi connectivity index (χ2v) is 7.88. The largest absolute Gasteiger partial charge is 0.490 e. The first-order chi connectivity index (χ1) is 15.7. The number of imide groups is 1. The van der Waals surface area contributed by atoms with Crippen LogP contribution in [0.4, 0.5) is 16.2 Å². The van der Waals surface area contributed by atoms with Crippen molar-refractivity contribution in [3.8, 4) is 11.5 Å². The Morgan fingerprint density at radius 3 is 2.48 bits per heavy atom. The Balaban J connectivity index is 1.51. The number of rotatable bonds is 5. The van der Waals surface area contributed by atoms with Crippen molar-refractivity contribution in [2.24, 2.45) is 0 Å². The van der Waals surface area contributed by atoms with E-state index in [1.165, 1.54) is 36.2 Å². The number of hydrogen-bond donors (Lipinski definition) is 1. The van der Waals surface area contributed by atoms with E-state index in [0.29, 0.717) is 36.0 Å². The predicted octanol–water partition coefficient (Wildman–Crippen LogP) is 2.19. The van der Waals surface area contributed by atoms with Crippen molar-refractivity contribution in [1.82, 2.24) is 10.2 Å². The molecule has 4 rings (SSSR count). The summed E-state index contributed by atoms with van der Waals surface area (Å²) in [5, 5.41) is 13.5. The molecule has 1 saturated heterocycles. The van der Waals surface area contributed by atoms with Crippen molar-refractivity contribution in [3.05, 3.63) is 58.1 Å². The summed E-state index contributed by atoms with van der Waals surface area (Å²) in [4.78, 5) is 51.0. The van der Waals surface area contributed by atoms with Crippen molar-refractivity contribution < 1.29 is 28.8 Å². The maximum atomic E-state index is 13.2. The Morgan fingerprint density at radius 1 is 1.15 bits per heavy atom. The van der Waals surface area contributed by atoms with Gasteiger partial charge in [0.15, 0.2) is 11.5 Å². The van der Waals surface area contributed by atoms with Crippen LogP contribution >= 0.6 is 0 Å². The number of carbonyl (C=O) groups excluding carboxylic acids is 3. The molecule has 0 unspecified atom stereocenters. The van der Waals surface area contributed by atoms with Crippen LogP contribution in [0.3, 0.4) is 0 Å². The smallest absolute Gasteiger partial charge is 0.325 e. The first-order valence-corrected chi connectivity index (χ1v) is 10.3. The molecule has 1 atom stereocenters. The monoisotopic (exact) mass is 454 g/mol. The molecular weight excluding hydrogens is 432 g/mol. The van der Waals surface area contributed by atoms with Gasteiger partial charge in [-0.1, -0.05) is 6.07 Å². The molecule has 0 radical (unpaired) electrons. The van der Waals surface area contributed by atoms with E-state index in [4.69, 9.17) is 9.47 Å². The number of carbonyl (C=O) groups is 3. The molecule has 172 valence electrons. The number of nitro benzene ring substituents is 1. The van der Waals surface area contributed by atoms with Crippen molar-refractivity contribution in [2.45, 2.75) is 18.9 Å². The fourth-order valence-electron chi connectivity index (χ4n) is 3.69. The second-order valence-electron chi connectivity index (χ2n) is 7.88. The van der Waals surface area contributed by atoms with Gasteiger partial charge in [-0.15, -0.1) is 0 Å². The zero-order valence-electron chi connectivity index (χ0n) is 18.1. The lowest BCUT2D eigenvalue weighted by Crippen LogP contribution is -2.43. The first kappa shape index (κ1) is 22.1. The van der Waals surface area contributed by atoms with E-state index in [-0.39, 0.29) is 5.69 Å². The summed E-state index contributed by atoms with van der Waals surface area (Å²) in [6.07, 6.45) is 0.731. The number of non-ortho nitro benzene ring substituents is 1. The third-order valence-electron chi connectivity index (χ3n) is 5.72. The Labute approximate surface area is 189 Å². The molecule has 2 aromatic carbocycles. The van der Waals surface area contributed by atoms with Crippen LogP contribution < -0.4 is 19.7 Å². The molecule has 11 nitrogen and oxygen atoms in total. The number of nitrogens with zero attached hydrogens (tertiary/aromatic N) is 3. The number of nitro groups is 1. The number of hydrogen-bond acceptors (Lipinski definition) is 7. The quantitative estimate of drug-likeness (QED) is 0.416. The highest BCUT2D eigenvalue weighted by Crippen LogP contribution is 2.36. The summed E-state index contributed by atoms with van der Waals surface area (Å²) >= 11 is 0. The van der Waals surface area contributed by atoms with Crippen molar-refractivity contribution in [2.75, 3.05) is 31.7 Å². The van der Waals surface area contributed by atoms with Crippen LogP contribution in [0.15, 0.2) is 42.5 Å². The van der Waals surface area contributed by atoms with Gasteiger partial charge in [0.1, 0.15) is 12.1 Å². The summed E-state index contributed by atoms with van der Waals surface area (Å²) < 4.78 is 11.3. The van der Waals surface area contributed by atoms with E-state index in [0.717, 1.165) is 11.3 Å². The minimum Gasteiger partial charge on any atom is -0.490 e. The predicted molar refractivity (Wildman–Crippen MR) is 116 cm³/mol. The van der Waals surface area contributed by atoms with E-state index in [1.54, 1.807) is 25.1 Å². The number of benzene rings is 2. The molecule has 0 spiro atoms. The SMILES string of the molecule is CN(C(=O)CN1C(=O)N[C@@](C)(c2ccc3c(c2)OCCCO3)C1=O)c1ccc([N+](=O)[O-])cc1. The number of nitrogens with one attached hydrogen (secondary N) is 1. The molecule has 0 aromatic heterocycles. The van der Waals surface area contributed by atoms with Gasteiger partial charge in [-0.05, 0) is 36.8 Å².